The summed E-state index contributed by atoms with van der Waals surface area (Å²) in [5.41, 5.74) is 5.95. The lowest BCUT2D eigenvalue weighted by atomic mass is 9.87. The monoisotopic (exact) mass is 266 g/mol. The van der Waals surface area contributed by atoms with Gasteiger partial charge >= 0.3 is 0 Å². The molecule has 0 unspecified atom stereocenters. The smallest absolute Gasteiger partial charge is 0.126 e. The second-order valence-corrected chi connectivity index (χ2v) is 5.43. The first-order valence-corrected chi connectivity index (χ1v) is 7.32. The first-order chi connectivity index (χ1) is 9.78. The topological polar surface area (TPSA) is 0 Å². The summed E-state index contributed by atoms with van der Waals surface area (Å²) >= 11 is 0. The van der Waals surface area contributed by atoms with Gasteiger partial charge in [-0.2, -0.15) is 0 Å². The van der Waals surface area contributed by atoms with Gasteiger partial charge in [-0.3, -0.25) is 0 Å². The molecule has 0 atom stereocenters. The number of halogens is 1. The van der Waals surface area contributed by atoms with Crippen molar-refractivity contribution in [3.63, 3.8) is 0 Å². The number of hydrogen-bond acceptors (Lipinski definition) is 0. The Bertz CT molecular complexity index is 635. The summed E-state index contributed by atoms with van der Waals surface area (Å²) in [6.07, 6.45) is 6.01. The van der Waals surface area contributed by atoms with Gasteiger partial charge < -0.3 is 0 Å². The lowest BCUT2D eigenvalue weighted by molar-refractivity contribution is 0.611. The van der Waals surface area contributed by atoms with Crippen molar-refractivity contribution in [2.45, 2.75) is 32.6 Å². The van der Waals surface area contributed by atoms with Gasteiger partial charge in [0.2, 0.25) is 0 Å². The molecule has 0 spiro atoms. The van der Waals surface area contributed by atoms with Gasteiger partial charge in [0.25, 0.3) is 0 Å². The van der Waals surface area contributed by atoms with Gasteiger partial charge in [0, 0.05) is 0 Å². The highest BCUT2D eigenvalue weighted by Crippen LogP contribution is 2.29. The van der Waals surface area contributed by atoms with Crippen LogP contribution in [0.2, 0.25) is 0 Å². The van der Waals surface area contributed by atoms with E-state index in [4.69, 9.17) is 0 Å². The number of fused-ring (bicyclic) bond motifs is 1. The SMILES string of the molecule is CCCc1ccc(C2=CCc3c(F)cccc3C2)cc1. The van der Waals surface area contributed by atoms with Crippen molar-refractivity contribution in [3.8, 4) is 0 Å². The van der Waals surface area contributed by atoms with E-state index in [1.54, 1.807) is 12.1 Å². The third-order valence-corrected chi connectivity index (χ3v) is 4.01. The molecule has 2 aromatic rings. The van der Waals surface area contributed by atoms with E-state index in [1.807, 2.05) is 6.07 Å². The molecule has 0 bridgehead atoms. The molecule has 1 aliphatic carbocycles. The quantitative estimate of drug-likeness (QED) is 0.736. The molecular weight excluding hydrogens is 247 g/mol. The molecule has 0 saturated carbocycles. The first kappa shape index (κ1) is 13.1. The van der Waals surface area contributed by atoms with Crippen molar-refractivity contribution in [3.05, 3.63) is 76.6 Å². The van der Waals surface area contributed by atoms with Crippen LogP contribution in [-0.4, -0.2) is 0 Å². The van der Waals surface area contributed by atoms with Crippen LogP contribution in [0.4, 0.5) is 4.39 Å². The summed E-state index contributed by atoms with van der Waals surface area (Å²) in [7, 11) is 0. The van der Waals surface area contributed by atoms with Gasteiger partial charge in [0.05, 0.1) is 0 Å². The predicted octanol–water partition coefficient (Wildman–Crippen LogP) is 4.96. The molecule has 0 nitrogen and oxygen atoms in total. The molecule has 0 aromatic heterocycles. The minimum Gasteiger partial charge on any atom is -0.207 e. The average molecular weight is 266 g/mol. The maximum Gasteiger partial charge on any atom is 0.126 e. The Balaban J connectivity index is 1.84. The van der Waals surface area contributed by atoms with Crippen LogP contribution in [0.1, 0.15) is 35.6 Å². The van der Waals surface area contributed by atoms with Crippen LogP contribution >= 0.6 is 0 Å². The summed E-state index contributed by atoms with van der Waals surface area (Å²) in [4.78, 5) is 0. The van der Waals surface area contributed by atoms with Crippen LogP contribution < -0.4 is 0 Å². The maximum absolute atomic E-state index is 13.7. The third kappa shape index (κ3) is 2.53. The Morgan fingerprint density at radius 2 is 1.85 bits per heavy atom. The van der Waals surface area contributed by atoms with Gasteiger partial charge in [-0.25, -0.2) is 4.39 Å². The zero-order valence-corrected chi connectivity index (χ0v) is 11.8. The summed E-state index contributed by atoms with van der Waals surface area (Å²) in [5, 5.41) is 0. The van der Waals surface area contributed by atoms with E-state index in [0.717, 1.165) is 24.0 Å². The highest BCUT2D eigenvalue weighted by molar-refractivity contribution is 5.70. The Labute approximate surface area is 120 Å². The van der Waals surface area contributed by atoms with E-state index in [0.29, 0.717) is 6.42 Å². The second-order valence-electron chi connectivity index (χ2n) is 5.43. The van der Waals surface area contributed by atoms with Crippen molar-refractivity contribution >= 4 is 5.57 Å². The Hall–Kier alpha value is -1.89. The highest BCUT2D eigenvalue weighted by atomic mass is 19.1. The normalized spacial score (nSPS) is 13.8. The number of aryl methyl sites for hydroxylation is 1. The highest BCUT2D eigenvalue weighted by Gasteiger charge is 2.15. The van der Waals surface area contributed by atoms with Crippen molar-refractivity contribution in [1.82, 2.24) is 0 Å². The lowest BCUT2D eigenvalue weighted by Gasteiger charge is -2.18. The molecule has 0 amide bonds. The predicted molar refractivity (Wildman–Crippen MR) is 82.2 cm³/mol. The van der Waals surface area contributed by atoms with E-state index in [1.165, 1.54) is 23.1 Å². The molecule has 0 fully saturated rings. The molecule has 3 rings (SSSR count). The fraction of sp³-hybridized carbons (Fsp3) is 0.263. The Morgan fingerprint density at radius 1 is 1.05 bits per heavy atom. The molecule has 0 aliphatic heterocycles. The van der Waals surface area contributed by atoms with Crippen molar-refractivity contribution in [2.24, 2.45) is 0 Å². The van der Waals surface area contributed by atoms with Gasteiger partial charge in [-0.15, -0.1) is 0 Å². The van der Waals surface area contributed by atoms with E-state index in [2.05, 4.69) is 37.3 Å². The lowest BCUT2D eigenvalue weighted by Crippen LogP contribution is -2.05. The fourth-order valence-corrected chi connectivity index (χ4v) is 2.89. The minimum atomic E-state index is -0.0731. The molecule has 0 N–H and O–H groups in total. The van der Waals surface area contributed by atoms with Crippen LogP contribution in [0.15, 0.2) is 48.5 Å². The molecule has 0 heterocycles. The van der Waals surface area contributed by atoms with Crippen LogP contribution in [0.3, 0.4) is 0 Å². The number of allylic oxidation sites excluding steroid dienone is 2. The van der Waals surface area contributed by atoms with E-state index in [-0.39, 0.29) is 5.82 Å². The summed E-state index contributed by atoms with van der Waals surface area (Å²) < 4.78 is 13.7. The van der Waals surface area contributed by atoms with E-state index >= 15 is 0 Å². The number of hydrogen-bond donors (Lipinski definition) is 0. The molecule has 2 aromatic carbocycles. The van der Waals surface area contributed by atoms with E-state index < -0.39 is 0 Å². The van der Waals surface area contributed by atoms with Crippen LogP contribution in [-0.2, 0) is 19.3 Å². The molecule has 102 valence electrons. The second kappa shape index (κ2) is 5.62. The zero-order valence-electron chi connectivity index (χ0n) is 11.8. The fourth-order valence-electron chi connectivity index (χ4n) is 2.89. The molecule has 20 heavy (non-hydrogen) atoms. The molecule has 1 aliphatic rings. The summed E-state index contributed by atoms with van der Waals surface area (Å²) in [6.45, 7) is 2.20. The van der Waals surface area contributed by atoms with Gasteiger partial charge in [0.1, 0.15) is 5.82 Å². The zero-order chi connectivity index (χ0) is 13.9. The summed E-state index contributed by atoms with van der Waals surface area (Å²) in [6, 6.07) is 14.2. The third-order valence-electron chi connectivity index (χ3n) is 4.01. The van der Waals surface area contributed by atoms with Crippen molar-refractivity contribution < 1.29 is 4.39 Å². The van der Waals surface area contributed by atoms with Gasteiger partial charge in [0.15, 0.2) is 0 Å². The largest absolute Gasteiger partial charge is 0.207 e. The molecule has 0 saturated heterocycles. The minimum absolute atomic E-state index is 0.0731. The summed E-state index contributed by atoms with van der Waals surface area (Å²) in [5.74, 6) is -0.0731. The number of rotatable bonds is 3. The Kier molecular flexibility index (Phi) is 3.68. The van der Waals surface area contributed by atoms with Crippen molar-refractivity contribution in [1.29, 1.82) is 0 Å². The van der Waals surface area contributed by atoms with Crippen LogP contribution in [0.5, 0.6) is 0 Å². The standard InChI is InChI=1S/C19H19F/c1-2-4-14-7-9-15(10-8-14)16-11-12-18-17(13-16)5-3-6-19(18)20/h3,5-11H,2,4,12-13H2,1H3. The van der Waals surface area contributed by atoms with Gasteiger partial charge in [-0.1, -0.05) is 55.8 Å². The van der Waals surface area contributed by atoms with Crippen LogP contribution in [0, 0.1) is 5.82 Å². The molecule has 0 radical (unpaired) electrons. The number of benzene rings is 2. The average Bonchev–Trinajstić information content (AvgIpc) is 2.48. The molecular formula is C19H19F. The van der Waals surface area contributed by atoms with Crippen molar-refractivity contribution in [2.75, 3.05) is 0 Å². The maximum atomic E-state index is 13.7. The Morgan fingerprint density at radius 3 is 2.60 bits per heavy atom. The van der Waals surface area contributed by atoms with E-state index in [9.17, 15) is 4.39 Å². The first-order valence-electron chi connectivity index (χ1n) is 7.32. The molecule has 1 heteroatoms. The van der Waals surface area contributed by atoms with Gasteiger partial charge in [-0.05, 0) is 53.2 Å². The van der Waals surface area contributed by atoms with Crippen LogP contribution in [0.25, 0.3) is 5.57 Å².